The van der Waals surface area contributed by atoms with Crippen molar-refractivity contribution in [3.05, 3.63) is 29.8 Å². The summed E-state index contributed by atoms with van der Waals surface area (Å²) in [6, 6.07) is 3.78. The maximum Gasteiger partial charge on any atom is 0.238 e. The van der Waals surface area contributed by atoms with Gasteiger partial charge in [0.2, 0.25) is 5.91 Å². The normalized spacial score (nSPS) is 18.8. The Bertz CT molecular complexity index is 441. The summed E-state index contributed by atoms with van der Waals surface area (Å²) < 4.78 is 26.7. The number of para-hydroxylation sites is 1. The van der Waals surface area contributed by atoms with E-state index in [-0.39, 0.29) is 18.3 Å². The molecule has 0 aliphatic carbocycles. The number of hydrogen-bond donors (Lipinski definition) is 2. The number of carbonyl (C=O) groups excluding carboxylic acids is 1. The summed E-state index contributed by atoms with van der Waals surface area (Å²) in [7, 11) is 1.83. The van der Waals surface area contributed by atoms with Crippen molar-refractivity contribution in [1.29, 1.82) is 0 Å². The van der Waals surface area contributed by atoms with Gasteiger partial charge in [0.25, 0.3) is 0 Å². The lowest BCUT2D eigenvalue weighted by Crippen LogP contribution is -2.39. The molecule has 0 radical (unpaired) electrons. The maximum absolute atomic E-state index is 13.4. The topological polar surface area (TPSA) is 44.4 Å². The fourth-order valence-corrected chi connectivity index (χ4v) is 2.17. The molecular formula is C13H17F2N3O. The number of hydrogen-bond acceptors (Lipinski definition) is 3. The zero-order valence-electron chi connectivity index (χ0n) is 10.7. The molecule has 2 rings (SSSR count). The van der Waals surface area contributed by atoms with Gasteiger partial charge in [-0.05, 0) is 32.1 Å². The second kappa shape index (κ2) is 6.08. The number of amides is 1. The first-order valence-electron chi connectivity index (χ1n) is 6.22. The third kappa shape index (κ3) is 3.48. The predicted octanol–water partition coefficient (Wildman–Crippen LogP) is 1.20. The van der Waals surface area contributed by atoms with Crippen molar-refractivity contribution in [2.45, 2.75) is 12.5 Å². The molecule has 2 N–H and O–H groups in total. The van der Waals surface area contributed by atoms with Gasteiger partial charge in [-0.25, -0.2) is 8.78 Å². The van der Waals surface area contributed by atoms with Crippen LogP contribution in [-0.2, 0) is 4.79 Å². The number of nitrogens with one attached hydrogen (secondary N) is 2. The molecule has 0 spiro atoms. The van der Waals surface area contributed by atoms with Crippen molar-refractivity contribution in [3.63, 3.8) is 0 Å². The molecule has 4 nitrogen and oxygen atoms in total. The monoisotopic (exact) mass is 269 g/mol. The Balaban J connectivity index is 1.93. The third-order valence-corrected chi connectivity index (χ3v) is 3.28. The Kier molecular flexibility index (Phi) is 4.44. The number of carbonyl (C=O) groups is 1. The molecule has 6 heteroatoms. The first-order chi connectivity index (χ1) is 9.08. The smallest absolute Gasteiger partial charge is 0.238 e. The van der Waals surface area contributed by atoms with Gasteiger partial charge in [-0.2, -0.15) is 0 Å². The lowest BCUT2D eigenvalue weighted by Gasteiger charge is -2.22. The average molecular weight is 269 g/mol. The average Bonchev–Trinajstić information content (AvgIpc) is 2.88. The van der Waals surface area contributed by atoms with E-state index < -0.39 is 17.5 Å². The summed E-state index contributed by atoms with van der Waals surface area (Å²) in [4.78, 5) is 13.7. The molecule has 1 unspecified atom stereocenters. The molecule has 19 heavy (non-hydrogen) atoms. The van der Waals surface area contributed by atoms with Crippen LogP contribution in [0.2, 0.25) is 0 Å². The number of halogens is 2. The molecule has 1 heterocycles. The Morgan fingerprint density at radius 1 is 1.47 bits per heavy atom. The van der Waals surface area contributed by atoms with Gasteiger partial charge in [-0.3, -0.25) is 9.69 Å². The fourth-order valence-electron chi connectivity index (χ4n) is 2.17. The van der Waals surface area contributed by atoms with Crippen molar-refractivity contribution in [1.82, 2.24) is 10.2 Å². The zero-order valence-corrected chi connectivity index (χ0v) is 10.7. The minimum Gasteiger partial charge on any atom is -0.320 e. The minimum absolute atomic E-state index is 0.111. The number of likely N-dealkylation sites (N-methyl/N-ethyl adjacent to an activating group) is 1. The first kappa shape index (κ1) is 13.9. The molecule has 104 valence electrons. The summed E-state index contributed by atoms with van der Waals surface area (Å²) in [6.45, 7) is 1.87. The van der Waals surface area contributed by atoms with Crippen molar-refractivity contribution >= 4 is 11.6 Å². The molecule has 0 bridgehead atoms. The van der Waals surface area contributed by atoms with Gasteiger partial charge in [-0.1, -0.05) is 6.07 Å². The second-order valence-electron chi connectivity index (χ2n) is 4.71. The Labute approximate surface area is 110 Å². The van der Waals surface area contributed by atoms with Crippen LogP contribution in [-0.4, -0.2) is 43.5 Å². The highest BCUT2D eigenvalue weighted by Crippen LogP contribution is 2.18. The van der Waals surface area contributed by atoms with Crippen LogP contribution in [0.3, 0.4) is 0 Å². The maximum atomic E-state index is 13.4. The molecule has 1 aliphatic heterocycles. The summed E-state index contributed by atoms with van der Waals surface area (Å²) in [5.74, 6) is -1.95. The molecule has 1 aromatic rings. The van der Waals surface area contributed by atoms with E-state index in [0.717, 1.165) is 31.6 Å². The Morgan fingerprint density at radius 3 is 2.74 bits per heavy atom. The van der Waals surface area contributed by atoms with Gasteiger partial charge in [0.05, 0.1) is 6.54 Å². The van der Waals surface area contributed by atoms with E-state index in [1.807, 2.05) is 11.9 Å². The largest absolute Gasteiger partial charge is 0.320 e. The minimum atomic E-state index is -0.765. The molecule has 1 aliphatic rings. The molecular weight excluding hydrogens is 252 g/mol. The van der Waals surface area contributed by atoms with Gasteiger partial charge in [0, 0.05) is 12.6 Å². The summed E-state index contributed by atoms with van der Waals surface area (Å²) in [6.07, 6.45) is 0.970. The van der Waals surface area contributed by atoms with Crippen molar-refractivity contribution in [2.24, 2.45) is 0 Å². The second-order valence-corrected chi connectivity index (χ2v) is 4.71. The van der Waals surface area contributed by atoms with E-state index in [2.05, 4.69) is 10.6 Å². The zero-order chi connectivity index (χ0) is 13.8. The summed E-state index contributed by atoms with van der Waals surface area (Å²) in [5, 5.41) is 5.48. The number of nitrogens with zero attached hydrogens (tertiary/aromatic N) is 1. The molecule has 1 atom stereocenters. The standard InChI is InChI=1S/C13H17F2N3O/c1-18(9-5-6-16-7-9)8-12(19)17-13-10(14)3-2-4-11(13)15/h2-4,9,16H,5-8H2,1H3,(H,17,19). The van der Waals surface area contributed by atoms with Gasteiger partial charge >= 0.3 is 0 Å². The number of rotatable bonds is 4. The highest BCUT2D eigenvalue weighted by molar-refractivity contribution is 5.92. The lowest BCUT2D eigenvalue weighted by molar-refractivity contribution is -0.117. The van der Waals surface area contributed by atoms with Gasteiger partial charge in [0.15, 0.2) is 0 Å². The third-order valence-electron chi connectivity index (χ3n) is 3.28. The molecule has 1 fully saturated rings. The fraction of sp³-hybridized carbons (Fsp3) is 0.462. The van der Waals surface area contributed by atoms with E-state index in [9.17, 15) is 13.6 Å². The van der Waals surface area contributed by atoms with Crippen LogP contribution >= 0.6 is 0 Å². The molecule has 1 amide bonds. The van der Waals surface area contributed by atoms with Gasteiger partial charge in [-0.15, -0.1) is 0 Å². The highest BCUT2D eigenvalue weighted by Gasteiger charge is 2.21. The van der Waals surface area contributed by atoms with Crippen LogP contribution < -0.4 is 10.6 Å². The molecule has 0 aromatic heterocycles. The van der Waals surface area contributed by atoms with E-state index in [1.54, 1.807) is 0 Å². The van der Waals surface area contributed by atoms with Gasteiger partial charge in [0.1, 0.15) is 17.3 Å². The number of benzene rings is 1. The predicted molar refractivity (Wildman–Crippen MR) is 68.9 cm³/mol. The number of anilines is 1. The van der Waals surface area contributed by atoms with E-state index in [4.69, 9.17) is 0 Å². The van der Waals surface area contributed by atoms with Crippen LogP contribution in [0.5, 0.6) is 0 Å². The molecule has 1 saturated heterocycles. The summed E-state index contributed by atoms with van der Waals surface area (Å²) >= 11 is 0. The summed E-state index contributed by atoms with van der Waals surface area (Å²) in [5.41, 5.74) is -0.384. The van der Waals surface area contributed by atoms with Crippen molar-refractivity contribution in [3.8, 4) is 0 Å². The van der Waals surface area contributed by atoms with Crippen LogP contribution in [0.15, 0.2) is 18.2 Å². The SMILES string of the molecule is CN(CC(=O)Nc1c(F)cccc1F)C1CCNC1. The van der Waals surface area contributed by atoms with Crippen LogP contribution in [0.25, 0.3) is 0 Å². The van der Waals surface area contributed by atoms with Crippen LogP contribution in [0.1, 0.15) is 6.42 Å². The quantitative estimate of drug-likeness (QED) is 0.863. The van der Waals surface area contributed by atoms with E-state index in [0.29, 0.717) is 0 Å². The molecule has 0 saturated carbocycles. The first-order valence-corrected chi connectivity index (χ1v) is 6.22. The Morgan fingerprint density at radius 2 is 2.16 bits per heavy atom. The van der Waals surface area contributed by atoms with Crippen LogP contribution in [0, 0.1) is 11.6 Å². The lowest BCUT2D eigenvalue weighted by atomic mass is 10.2. The van der Waals surface area contributed by atoms with Gasteiger partial charge < -0.3 is 10.6 Å². The highest BCUT2D eigenvalue weighted by atomic mass is 19.1. The van der Waals surface area contributed by atoms with E-state index in [1.165, 1.54) is 6.07 Å². The van der Waals surface area contributed by atoms with E-state index >= 15 is 0 Å². The Hall–Kier alpha value is -1.53. The van der Waals surface area contributed by atoms with Crippen LogP contribution in [0.4, 0.5) is 14.5 Å². The van der Waals surface area contributed by atoms with Crippen molar-refractivity contribution < 1.29 is 13.6 Å². The molecule has 1 aromatic carbocycles. The van der Waals surface area contributed by atoms with Crippen molar-refractivity contribution in [2.75, 3.05) is 32.0 Å².